The summed E-state index contributed by atoms with van der Waals surface area (Å²) in [6, 6.07) is 5.33. The van der Waals surface area contributed by atoms with Crippen molar-refractivity contribution in [1.29, 1.82) is 0 Å². The zero-order chi connectivity index (χ0) is 19.4. The monoisotopic (exact) mass is 409 g/mol. The van der Waals surface area contributed by atoms with E-state index >= 15 is 0 Å². The Morgan fingerprint density at radius 2 is 1.86 bits per heavy atom. The third-order valence-electron chi connectivity index (χ3n) is 3.87. The molecule has 0 aromatic carbocycles. The Morgan fingerprint density at radius 3 is 2.57 bits per heavy atom. The maximum atomic E-state index is 13.3. The molecule has 0 bridgehead atoms. The molecule has 0 aliphatic carbocycles. The minimum atomic E-state index is -3.00. The van der Waals surface area contributed by atoms with Crippen LogP contribution in [0.15, 0.2) is 34.9 Å². The van der Waals surface area contributed by atoms with Crippen LogP contribution in [0.5, 0.6) is 0 Å². The Balaban J connectivity index is 1.66. The largest absolute Gasteiger partial charge is 0.461 e. The fraction of sp³-hybridized carbons (Fsp3) is 0.133. The number of fused-ring (bicyclic) bond motifs is 2. The second-order valence-corrected chi connectivity index (χ2v) is 6.57. The Kier molecular flexibility index (Phi) is 3.65. The smallest absolute Gasteiger partial charge is 0.280 e. The third kappa shape index (κ3) is 2.54. The van der Waals surface area contributed by atoms with E-state index in [9.17, 15) is 17.6 Å². The van der Waals surface area contributed by atoms with Crippen molar-refractivity contribution in [3.05, 3.63) is 41.9 Å². The number of furan rings is 1. The molecule has 0 spiro atoms. The topological polar surface area (TPSA) is 86.4 Å². The number of aromatic nitrogens is 7. The minimum absolute atomic E-state index is 0.125. The molecule has 0 aliphatic heterocycles. The van der Waals surface area contributed by atoms with Crippen molar-refractivity contribution in [2.75, 3.05) is 0 Å². The molecule has 5 rings (SSSR count). The van der Waals surface area contributed by atoms with Gasteiger partial charge in [-0.05, 0) is 18.2 Å². The van der Waals surface area contributed by atoms with E-state index in [1.807, 2.05) is 0 Å². The van der Waals surface area contributed by atoms with Crippen LogP contribution in [0.2, 0.25) is 0 Å². The molecule has 0 amide bonds. The van der Waals surface area contributed by atoms with Gasteiger partial charge in [-0.3, -0.25) is 0 Å². The zero-order valence-electron chi connectivity index (χ0n) is 13.5. The molecule has 0 saturated carbocycles. The van der Waals surface area contributed by atoms with Crippen molar-refractivity contribution in [2.24, 2.45) is 0 Å². The third-order valence-corrected chi connectivity index (χ3v) is 4.79. The van der Waals surface area contributed by atoms with E-state index in [1.165, 1.54) is 16.8 Å². The first kappa shape index (κ1) is 16.8. The SMILES string of the molecule is FC(F)c1cc(C(F)F)n2nc(-c3nn4c(-c5ccco5)nnc4s3)cc2n1. The standard InChI is InChI=1S/C15H7F4N7OS/c16-11(17)6-4-8(12(18)19)25-10(20-6)5-7(23-25)14-24-26-13(9-2-1-3-27-9)21-22-15(26)28-14/h1-5,11-12H. The lowest BCUT2D eigenvalue weighted by molar-refractivity contribution is 0.135. The highest BCUT2D eigenvalue weighted by atomic mass is 32.1. The summed E-state index contributed by atoms with van der Waals surface area (Å²) >= 11 is 1.11. The molecule has 0 radical (unpaired) electrons. The summed E-state index contributed by atoms with van der Waals surface area (Å²) in [5, 5.41) is 16.7. The fourth-order valence-electron chi connectivity index (χ4n) is 2.67. The lowest BCUT2D eigenvalue weighted by Crippen LogP contribution is -2.04. The Bertz CT molecular complexity index is 1290. The Morgan fingerprint density at radius 1 is 1.00 bits per heavy atom. The van der Waals surface area contributed by atoms with Gasteiger partial charge in [-0.1, -0.05) is 11.3 Å². The molecule has 5 aromatic rings. The minimum Gasteiger partial charge on any atom is -0.461 e. The first-order valence-electron chi connectivity index (χ1n) is 7.74. The van der Waals surface area contributed by atoms with E-state index in [-0.39, 0.29) is 11.3 Å². The number of halogens is 4. The predicted molar refractivity (Wildman–Crippen MR) is 88.3 cm³/mol. The van der Waals surface area contributed by atoms with E-state index in [0.717, 1.165) is 15.9 Å². The van der Waals surface area contributed by atoms with Crippen LogP contribution in [0.4, 0.5) is 17.6 Å². The summed E-state index contributed by atoms with van der Waals surface area (Å²) in [6.45, 7) is 0. The quantitative estimate of drug-likeness (QED) is 0.417. The van der Waals surface area contributed by atoms with Crippen molar-refractivity contribution >= 4 is 21.9 Å². The number of alkyl halides is 4. The van der Waals surface area contributed by atoms with E-state index in [0.29, 0.717) is 27.6 Å². The van der Waals surface area contributed by atoms with E-state index in [1.54, 1.807) is 12.1 Å². The van der Waals surface area contributed by atoms with E-state index in [2.05, 4.69) is 25.4 Å². The van der Waals surface area contributed by atoms with Gasteiger partial charge in [0.25, 0.3) is 12.9 Å². The normalized spacial score (nSPS) is 12.2. The maximum absolute atomic E-state index is 13.3. The maximum Gasteiger partial charge on any atom is 0.280 e. The highest BCUT2D eigenvalue weighted by molar-refractivity contribution is 7.19. The Labute approximate surface area is 156 Å². The molecular weight excluding hydrogens is 402 g/mol. The lowest BCUT2D eigenvalue weighted by atomic mass is 10.3. The van der Waals surface area contributed by atoms with Gasteiger partial charge >= 0.3 is 0 Å². The van der Waals surface area contributed by atoms with Crippen LogP contribution in [-0.4, -0.2) is 34.4 Å². The van der Waals surface area contributed by atoms with Crippen LogP contribution < -0.4 is 0 Å². The first-order chi connectivity index (χ1) is 13.5. The van der Waals surface area contributed by atoms with Crippen molar-refractivity contribution in [1.82, 2.24) is 34.4 Å². The summed E-state index contributed by atoms with van der Waals surface area (Å²) in [7, 11) is 0. The van der Waals surface area contributed by atoms with Gasteiger partial charge in [0.1, 0.15) is 17.1 Å². The number of hydrogen-bond acceptors (Lipinski definition) is 7. The Hall–Kier alpha value is -3.35. The summed E-state index contributed by atoms with van der Waals surface area (Å²) in [4.78, 5) is 4.13. The first-order valence-corrected chi connectivity index (χ1v) is 8.56. The molecule has 13 heteroatoms. The summed E-state index contributed by atoms with van der Waals surface area (Å²) in [5.41, 5.74) is -1.35. The average molecular weight is 409 g/mol. The summed E-state index contributed by atoms with van der Waals surface area (Å²) < 4.78 is 60.1. The van der Waals surface area contributed by atoms with Crippen LogP contribution in [-0.2, 0) is 0 Å². The number of hydrogen-bond donors (Lipinski definition) is 0. The van der Waals surface area contributed by atoms with Crippen LogP contribution in [0.1, 0.15) is 24.2 Å². The molecule has 0 aliphatic rings. The van der Waals surface area contributed by atoms with E-state index < -0.39 is 24.2 Å². The number of rotatable bonds is 4. The van der Waals surface area contributed by atoms with Crippen LogP contribution in [0.3, 0.4) is 0 Å². The number of nitrogens with zero attached hydrogens (tertiary/aromatic N) is 7. The molecule has 28 heavy (non-hydrogen) atoms. The molecule has 0 unspecified atom stereocenters. The zero-order valence-corrected chi connectivity index (χ0v) is 14.3. The molecule has 0 saturated heterocycles. The molecule has 8 nitrogen and oxygen atoms in total. The van der Waals surface area contributed by atoms with Crippen LogP contribution in [0, 0.1) is 0 Å². The molecular formula is C15H7F4N7OS. The van der Waals surface area contributed by atoms with Crippen LogP contribution >= 0.6 is 11.3 Å². The van der Waals surface area contributed by atoms with Gasteiger partial charge in [-0.25, -0.2) is 27.1 Å². The highest BCUT2D eigenvalue weighted by Gasteiger charge is 2.22. The summed E-state index contributed by atoms with van der Waals surface area (Å²) in [5.74, 6) is 0.806. The lowest BCUT2D eigenvalue weighted by Gasteiger charge is -2.06. The average Bonchev–Trinajstić information content (AvgIpc) is 3.41. The second kappa shape index (κ2) is 6.09. The van der Waals surface area contributed by atoms with Crippen molar-refractivity contribution in [2.45, 2.75) is 12.9 Å². The molecule has 0 N–H and O–H groups in total. The molecule has 142 valence electrons. The van der Waals surface area contributed by atoms with Gasteiger partial charge in [-0.15, -0.1) is 10.2 Å². The van der Waals surface area contributed by atoms with Crippen LogP contribution in [0.25, 0.3) is 32.9 Å². The van der Waals surface area contributed by atoms with E-state index in [4.69, 9.17) is 4.42 Å². The van der Waals surface area contributed by atoms with Gasteiger partial charge in [-0.2, -0.15) is 14.7 Å². The molecule has 0 atom stereocenters. The van der Waals surface area contributed by atoms with Gasteiger partial charge in [0, 0.05) is 6.07 Å². The van der Waals surface area contributed by atoms with Crippen molar-refractivity contribution < 1.29 is 22.0 Å². The van der Waals surface area contributed by atoms with Gasteiger partial charge in [0.05, 0.1) is 6.26 Å². The fourth-order valence-corrected chi connectivity index (χ4v) is 3.46. The predicted octanol–water partition coefficient (Wildman–Crippen LogP) is 4.03. The van der Waals surface area contributed by atoms with Gasteiger partial charge in [0.15, 0.2) is 16.4 Å². The highest BCUT2D eigenvalue weighted by Crippen LogP contribution is 2.30. The molecule has 5 heterocycles. The summed E-state index contributed by atoms with van der Waals surface area (Å²) in [6.07, 6.45) is -4.51. The second-order valence-electron chi connectivity index (χ2n) is 5.61. The molecule has 5 aromatic heterocycles. The van der Waals surface area contributed by atoms with Crippen molar-refractivity contribution in [3.63, 3.8) is 0 Å². The van der Waals surface area contributed by atoms with Crippen molar-refractivity contribution in [3.8, 4) is 22.3 Å². The van der Waals surface area contributed by atoms with Gasteiger partial charge in [0.2, 0.25) is 10.8 Å². The molecule has 0 fully saturated rings. The van der Waals surface area contributed by atoms with Gasteiger partial charge < -0.3 is 4.42 Å².